The molecule has 0 bridgehead atoms. The fourth-order valence-electron chi connectivity index (χ4n) is 2.10. The van der Waals surface area contributed by atoms with Crippen molar-refractivity contribution in [3.05, 3.63) is 46.8 Å². The highest BCUT2D eigenvalue weighted by Crippen LogP contribution is 2.21. The minimum Gasteiger partial charge on any atom is -0.481 e. The molecule has 4 nitrogen and oxygen atoms in total. The molecule has 0 fully saturated rings. The first kappa shape index (κ1) is 15.0. The zero-order chi connectivity index (χ0) is 15.6. The third kappa shape index (κ3) is 3.39. The van der Waals surface area contributed by atoms with Gasteiger partial charge in [0.1, 0.15) is 0 Å². The Bertz CT molecular complexity index is 679. The molecule has 0 spiro atoms. The number of carbonyl (C=O) groups is 1. The Labute approximate surface area is 120 Å². The molecule has 1 aromatic carbocycles. The Kier molecular flexibility index (Phi) is 4.26. The zero-order valence-electron chi connectivity index (χ0n) is 11.7. The molecule has 1 aromatic heterocycles. The van der Waals surface area contributed by atoms with Crippen molar-refractivity contribution in [2.75, 3.05) is 0 Å². The van der Waals surface area contributed by atoms with Gasteiger partial charge in [-0.3, -0.25) is 4.79 Å². The highest BCUT2D eigenvalue weighted by molar-refractivity contribution is 5.67. The van der Waals surface area contributed by atoms with Gasteiger partial charge in [-0.2, -0.15) is 0 Å². The number of rotatable bonds is 4. The molecule has 0 saturated heterocycles. The number of carboxylic acids is 1. The van der Waals surface area contributed by atoms with Crippen LogP contribution in [0.2, 0.25) is 0 Å². The van der Waals surface area contributed by atoms with Crippen LogP contribution in [0.4, 0.5) is 8.78 Å². The van der Waals surface area contributed by atoms with Crippen molar-refractivity contribution in [3.63, 3.8) is 0 Å². The van der Waals surface area contributed by atoms with E-state index in [9.17, 15) is 13.6 Å². The van der Waals surface area contributed by atoms with E-state index in [1.54, 1.807) is 13.8 Å². The maximum Gasteiger partial charge on any atom is 0.303 e. The summed E-state index contributed by atoms with van der Waals surface area (Å²) in [5, 5.41) is 8.73. The Morgan fingerprint density at radius 3 is 2.29 bits per heavy atom. The lowest BCUT2D eigenvalue weighted by Gasteiger charge is -2.10. The number of halogens is 2. The van der Waals surface area contributed by atoms with Crippen LogP contribution in [0.15, 0.2) is 18.2 Å². The Hall–Kier alpha value is -2.37. The summed E-state index contributed by atoms with van der Waals surface area (Å²) in [5.74, 6) is -2.48. The van der Waals surface area contributed by atoms with Gasteiger partial charge in [-0.25, -0.2) is 18.7 Å². The largest absolute Gasteiger partial charge is 0.481 e. The van der Waals surface area contributed by atoms with Crippen LogP contribution in [-0.2, 0) is 11.2 Å². The van der Waals surface area contributed by atoms with Crippen LogP contribution < -0.4 is 0 Å². The number of hydrogen-bond acceptors (Lipinski definition) is 3. The molecule has 0 aliphatic carbocycles. The van der Waals surface area contributed by atoms with Crippen molar-refractivity contribution >= 4 is 5.97 Å². The minimum atomic E-state index is -0.957. The van der Waals surface area contributed by atoms with E-state index in [0.29, 0.717) is 29.2 Å². The lowest BCUT2D eigenvalue weighted by Crippen LogP contribution is -2.06. The third-order valence-corrected chi connectivity index (χ3v) is 3.19. The second kappa shape index (κ2) is 5.95. The number of nitrogens with zero attached hydrogens (tertiary/aromatic N) is 2. The highest BCUT2D eigenvalue weighted by atomic mass is 19.2. The molecule has 110 valence electrons. The molecule has 2 aromatic rings. The van der Waals surface area contributed by atoms with Gasteiger partial charge in [-0.05, 0) is 44.0 Å². The molecule has 1 heterocycles. The van der Waals surface area contributed by atoms with Gasteiger partial charge >= 0.3 is 5.97 Å². The normalized spacial score (nSPS) is 10.7. The molecule has 0 aliphatic rings. The molecule has 0 unspecified atom stereocenters. The van der Waals surface area contributed by atoms with Gasteiger partial charge in [0, 0.05) is 23.4 Å². The maximum absolute atomic E-state index is 13.3. The molecular weight excluding hydrogens is 278 g/mol. The molecule has 0 atom stereocenters. The Morgan fingerprint density at radius 2 is 1.76 bits per heavy atom. The average molecular weight is 292 g/mol. The van der Waals surface area contributed by atoms with Gasteiger partial charge in [0.05, 0.1) is 0 Å². The smallest absolute Gasteiger partial charge is 0.303 e. The monoisotopic (exact) mass is 292 g/mol. The van der Waals surface area contributed by atoms with E-state index in [-0.39, 0.29) is 6.42 Å². The number of aromatic nitrogens is 2. The van der Waals surface area contributed by atoms with E-state index in [1.807, 2.05) is 0 Å². The number of aryl methyl sites for hydroxylation is 2. The predicted octanol–water partition coefficient (Wildman–Crippen LogP) is 3.06. The quantitative estimate of drug-likeness (QED) is 0.940. The summed E-state index contributed by atoms with van der Waals surface area (Å²) in [6.45, 7) is 3.49. The summed E-state index contributed by atoms with van der Waals surface area (Å²) in [7, 11) is 0. The van der Waals surface area contributed by atoms with E-state index in [2.05, 4.69) is 9.97 Å². The van der Waals surface area contributed by atoms with Crippen molar-refractivity contribution in [1.82, 2.24) is 9.97 Å². The highest BCUT2D eigenvalue weighted by Gasteiger charge is 2.12. The predicted molar refractivity (Wildman–Crippen MR) is 72.8 cm³/mol. The van der Waals surface area contributed by atoms with Crippen molar-refractivity contribution in [1.29, 1.82) is 0 Å². The van der Waals surface area contributed by atoms with Crippen molar-refractivity contribution < 1.29 is 18.7 Å². The summed E-state index contributed by atoms with van der Waals surface area (Å²) < 4.78 is 26.2. The molecule has 1 N–H and O–H groups in total. The van der Waals surface area contributed by atoms with Crippen LogP contribution in [0.25, 0.3) is 11.4 Å². The van der Waals surface area contributed by atoms with Crippen LogP contribution in [0.5, 0.6) is 0 Å². The van der Waals surface area contributed by atoms with E-state index < -0.39 is 17.6 Å². The molecular formula is C15H14F2N2O2. The van der Waals surface area contributed by atoms with Crippen molar-refractivity contribution in [2.24, 2.45) is 0 Å². The first-order valence-electron chi connectivity index (χ1n) is 6.40. The van der Waals surface area contributed by atoms with Crippen LogP contribution in [0.1, 0.15) is 23.4 Å². The number of carboxylic acid groups (broad SMARTS) is 1. The number of aliphatic carboxylic acids is 1. The van der Waals surface area contributed by atoms with Gasteiger partial charge in [0.25, 0.3) is 0 Å². The average Bonchev–Trinajstić information content (AvgIpc) is 2.40. The SMILES string of the molecule is Cc1nc(-c2ccc(F)c(F)c2)nc(C)c1CCC(=O)O. The molecule has 0 saturated carbocycles. The first-order valence-corrected chi connectivity index (χ1v) is 6.40. The van der Waals surface area contributed by atoms with Crippen LogP contribution >= 0.6 is 0 Å². The van der Waals surface area contributed by atoms with Crippen LogP contribution in [0.3, 0.4) is 0 Å². The zero-order valence-corrected chi connectivity index (χ0v) is 11.7. The summed E-state index contributed by atoms with van der Waals surface area (Å²) in [4.78, 5) is 19.2. The third-order valence-electron chi connectivity index (χ3n) is 3.19. The van der Waals surface area contributed by atoms with Crippen LogP contribution in [0, 0.1) is 25.5 Å². The summed E-state index contributed by atoms with van der Waals surface area (Å²) in [6.07, 6.45) is 0.334. The van der Waals surface area contributed by atoms with Crippen molar-refractivity contribution in [3.8, 4) is 11.4 Å². The molecule has 0 amide bonds. The van der Waals surface area contributed by atoms with Gasteiger partial charge < -0.3 is 5.11 Å². The minimum absolute atomic E-state index is 0.00440. The lowest BCUT2D eigenvalue weighted by atomic mass is 10.1. The van der Waals surface area contributed by atoms with E-state index in [4.69, 9.17) is 5.11 Å². The topological polar surface area (TPSA) is 63.1 Å². The molecule has 2 rings (SSSR count). The second-order valence-electron chi connectivity index (χ2n) is 4.72. The second-order valence-corrected chi connectivity index (χ2v) is 4.72. The molecule has 0 radical (unpaired) electrons. The van der Waals surface area contributed by atoms with Gasteiger partial charge in [0.15, 0.2) is 17.5 Å². The van der Waals surface area contributed by atoms with E-state index >= 15 is 0 Å². The first-order chi connectivity index (χ1) is 9.88. The Morgan fingerprint density at radius 1 is 1.14 bits per heavy atom. The summed E-state index contributed by atoms with van der Waals surface area (Å²) >= 11 is 0. The van der Waals surface area contributed by atoms with Crippen LogP contribution in [-0.4, -0.2) is 21.0 Å². The van der Waals surface area contributed by atoms with Gasteiger partial charge in [-0.15, -0.1) is 0 Å². The molecule has 0 aliphatic heterocycles. The summed E-state index contributed by atoms with van der Waals surface area (Å²) in [5.41, 5.74) is 2.43. The van der Waals surface area contributed by atoms with E-state index in [1.165, 1.54) is 6.07 Å². The lowest BCUT2D eigenvalue weighted by molar-refractivity contribution is -0.136. The number of benzene rings is 1. The summed E-state index contributed by atoms with van der Waals surface area (Å²) in [6, 6.07) is 3.47. The Balaban J connectivity index is 2.38. The van der Waals surface area contributed by atoms with Gasteiger partial charge in [-0.1, -0.05) is 0 Å². The van der Waals surface area contributed by atoms with E-state index in [0.717, 1.165) is 17.7 Å². The molecule has 21 heavy (non-hydrogen) atoms. The standard InChI is InChI=1S/C15H14F2N2O2/c1-8-11(4-6-14(20)21)9(2)19-15(18-8)10-3-5-12(16)13(17)7-10/h3,5,7H,4,6H2,1-2H3,(H,20,21). The van der Waals surface area contributed by atoms with Gasteiger partial charge in [0.2, 0.25) is 0 Å². The molecule has 6 heteroatoms. The fourth-order valence-corrected chi connectivity index (χ4v) is 2.10. The number of hydrogen-bond donors (Lipinski definition) is 1. The maximum atomic E-state index is 13.3. The fraction of sp³-hybridized carbons (Fsp3) is 0.267. The van der Waals surface area contributed by atoms with Crippen molar-refractivity contribution in [2.45, 2.75) is 26.7 Å².